The summed E-state index contributed by atoms with van der Waals surface area (Å²) in [6, 6.07) is 12.4. The Hall–Kier alpha value is -2.61. The number of fused-ring (bicyclic) bond motifs is 1. The van der Waals surface area contributed by atoms with Crippen molar-refractivity contribution >= 4 is 11.5 Å². The molecule has 1 aliphatic heterocycles. The predicted molar refractivity (Wildman–Crippen MR) is 94.8 cm³/mol. The van der Waals surface area contributed by atoms with Gasteiger partial charge in [0.15, 0.2) is 11.3 Å². The molecular weight excluding hydrogens is 357 g/mol. The number of halogens is 3. The SMILES string of the molecule is Cc1cc2nc(C(F)(F)F)cc(NCC3(c4ccccc4)CCOC3)n2n1. The molecule has 3 heterocycles. The summed E-state index contributed by atoms with van der Waals surface area (Å²) in [5, 5.41) is 7.45. The summed E-state index contributed by atoms with van der Waals surface area (Å²) in [5.74, 6) is 0.266. The van der Waals surface area contributed by atoms with E-state index in [4.69, 9.17) is 4.74 Å². The lowest BCUT2D eigenvalue weighted by atomic mass is 9.80. The van der Waals surface area contributed by atoms with Gasteiger partial charge in [-0.15, -0.1) is 0 Å². The van der Waals surface area contributed by atoms with Crippen molar-refractivity contribution in [1.82, 2.24) is 14.6 Å². The van der Waals surface area contributed by atoms with Crippen molar-refractivity contribution in [3.8, 4) is 0 Å². The Morgan fingerprint density at radius 1 is 1.22 bits per heavy atom. The van der Waals surface area contributed by atoms with Gasteiger partial charge in [-0.05, 0) is 18.9 Å². The topological polar surface area (TPSA) is 51.5 Å². The third-order valence-electron chi connectivity index (χ3n) is 4.94. The summed E-state index contributed by atoms with van der Waals surface area (Å²) in [4.78, 5) is 3.69. The molecule has 27 heavy (non-hydrogen) atoms. The van der Waals surface area contributed by atoms with E-state index < -0.39 is 11.9 Å². The van der Waals surface area contributed by atoms with Gasteiger partial charge in [0.1, 0.15) is 5.82 Å². The van der Waals surface area contributed by atoms with Gasteiger partial charge in [-0.2, -0.15) is 22.8 Å². The molecule has 0 radical (unpaired) electrons. The highest BCUT2D eigenvalue weighted by Gasteiger charge is 2.37. The molecule has 0 bridgehead atoms. The molecule has 0 amide bonds. The van der Waals surface area contributed by atoms with E-state index in [-0.39, 0.29) is 16.9 Å². The summed E-state index contributed by atoms with van der Waals surface area (Å²) in [5.41, 5.74) is 0.646. The van der Waals surface area contributed by atoms with Crippen molar-refractivity contribution in [1.29, 1.82) is 0 Å². The van der Waals surface area contributed by atoms with Gasteiger partial charge in [0.05, 0.1) is 12.3 Å². The van der Waals surface area contributed by atoms with Crippen LogP contribution in [0.5, 0.6) is 0 Å². The Bertz CT molecular complexity index is 947. The molecule has 1 unspecified atom stereocenters. The third-order valence-corrected chi connectivity index (χ3v) is 4.94. The maximum Gasteiger partial charge on any atom is 0.433 e. The first-order valence-electron chi connectivity index (χ1n) is 8.69. The van der Waals surface area contributed by atoms with E-state index in [1.54, 1.807) is 6.92 Å². The second-order valence-electron chi connectivity index (χ2n) is 6.88. The molecule has 1 N–H and O–H groups in total. The second-order valence-corrected chi connectivity index (χ2v) is 6.88. The highest BCUT2D eigenvalue weighted by atomic mass is 19.4. The Morgan fingerprint density at radius 2 is 2.00 bits per heavy atom. The van der Waals surface area contributed by atoms with E-state index in [0.717, 1.165) is 18.1 Å². The molecule has 8 heteroatoms. The Morgan fingerprint density at radius 3 is 2.67 bits per heavy atom. The van der Waals surface area contributed by atoms with Crippen molar-refractivity contribution in [2.24, 2.45) is 0 Å². The van der Waals surface area contributed by atoms with Gasteiger partial charge < -0.3 is 10.1 Å². The molecule has 0 saturated carbocycles. The Kier molecular flexibility index (Phi) is 4.30. The lowest BCUT2D eigenvalue weighted by molar-refractivity contribution is -0.141. The lowest BCUT2D eigenvalue weighted by Gasteiger charge is -2.29. The van der Waals surface area contributed by atoms with E-state index in [1.165, 1.54) is 10.6 Å². The van der Waals surface area contributed by atoms with Crippen LogP contribution in [0.25, 0.3) is 5.65 Å². The summed E-state index contributed by atoms with van der Waals surface area (Å²) >= 11 is 0. The van der Waals surface area contributed by atoms with Crippen LogP contribution in [0.15, 0.2) is 42.5 Å². The normalized spacial score (nSPS) is 20.3. The zero-order valence-corrected chi connectivity index (χ0v) is 14.8. The van der Waals surface area contributed by atoms with Gasteiger partial charge in [-0.25, -0.2) is 4.98 Å². The maximum absolute atomic E-state index is 13.2. The molecule has 1 aromatic carbocycles. The zero-order chi connectivity index (χ0) is 19.1. The minimum absolute atomic E-state index is 0.168. The number of benzene rings is 1. The first-order chi connectivity index (χ1) is 12.9. The van der Waals surface area contributed by atoms with Crippen molar-refractivity contribution in [2.45, 2.75) is 24.9 Å². The number of nitrogens with one attached hydrogen (secondary N) is 1. The van der Waals surface area contributed by atoms with Gasteiger partial charge in [0.2, 0.25) is 0 Å². The summed E-state index contributed by atoms with van der Waals surface area (Å²) in [7, 11) is 0. The fraction of sp³-hybridized carbons (Fsp3) is 0.368. The highest BCUT2D eigenvalue weighted by Crippen LogP contribution is 2.34. The number of anilines is 1. The molecule has 0 aliphatic carbocycles. The highest BCUT2D eigenvalue weighted by molar-refractivity contribution is 5.51. The molecule has 4 rings (SSSR count). The molecule has 1 atom stereocenters. The van der Waals surface area contributed by atoms with Crippen LogP contribution in [-0.2, 0) is 16.3 Å². The fourth-order valence-corrected chi connectivity index (χ4v) is 3.49. The number of hydrogen-bond donors (Lipinski definition) is 1. The number of hydrogen-bond acceptors (Lipinski definition) is 4. The van der Waals surface area contributed by atoms with Crippen LogP contribution in [0, 0.1) is 6.92 Å². The Labute approximate surface area is 154 Å². The number of rotatable bonds is 4. The molecule has 2 aromatic heterocycles. The number of aromatic nitrogens is 3. The second kappa shape index (κ2) is 6.53. The largest absolute Gasteiger partial charge is 0.433 e. The molecule has 142 valence electrons. The first kappa shape index (κ1) is 17.8. The van der Waals surface area contributed by atoms with E-state index in [0.29, 0.717) is 25.5 Å². The van der Waals surface area contributed by atoms with Gasteiger partial charge in [-0.1, -0.05) is 30.3 Å². The standard InChI is InChI=1S/C19H19F3N4O/c1-13-9-17-24-15(19(20,21)22)10-16(26(17)25-13)23-11-18(7-8-27-12-18)14-5-3-2-4-6-14/h2-6,9-10,23H,7-8,11-12H2,1H3. The van der Waals surface area contributed by atoms with Crippen molar-refractivity contribution < 1.29 is 17.9 Å². The molecule has 5 nitrogen and oxygen atoms in total. The van der Waals surface area contributed by atoms with Crippen LogP contribution in [0.3, 0.4) is 0 Å². The van der Waals surface area contributed by atoms with Gasteiger partial charge in [0.25, 0.3) is 0 Å². The minimum Gasteiger partial charge on any atom is -0.380 e. The van der Waals surface area contributed by atoms with Crippen molar-refractivity contribution in [3.05, 3.63) is 59.4 Å². The van der Waals surface area contributed by atoms with Crippen LogP contribution in [-0.4, -0.2) is 34.4 Å². The lowest BCUT2D eigenvalue weighted by Crippen LogP contribution is -2.35. The average molecular weight is 376 g/mol. The quantitative estimate of drug-likeness (QED) is 0.752. The van der Waals surface area contributed by atoms with Crippen molar-refractivity contribution in [2.75, 3.05) is 25.1 Å². The number of ether oxygens (including phenoxy) is 1. The van der Waals surface area contributed by atoms with Crippen LogP contribution in [0.4, 0.5) is 19.0 Å². The average Bonchev–Trinajstić information content (AvgIpc) is 3.26. The van der Waals surface area contributed by atoms with Crippen LogP contribution < -0.4 is 5.32 Å². The van der Waals surface area contributed by atoms with E-state index >= 15 is 0 Å². The van der Waals surface area contributed by atoms with Crippen LogP contribution in [0.2, 0.25) is 0 Å². The predicted octanol–water partition coefficient (Wildman–Crippen LogP) is 3.83. The van der Waals surface area contributed by atoms with E-state index in [2.05, 4.69) is 15.4 Å². The minimum atomic E-state index is -4.52. The molecular formula is C19H19F3N4O. The molecule has 3 aromatic rings. The fourth-order valence-electron chi connectivity index (χ4n) is 3.49. The monoisotopic (exact) mass is 376 g/mol. The number of alkyl halides is 3. The maximum atomic E-state index is 13.2. The summed E-state index contributed by atoms with van der Waals surface area (Å²) in [6.07, 6.45) is -3.73. The smallest absolute Gasteiger partial charge is 0.380 e. The van der Waals surface area contributed by atoms with Gasteiger partial charge in [0, 0.05) is 30.7 Å². The van der Waals surface area contributed by atoms with Crippen LogP contribution in [0.1, 0.15) is 23.4 Å². The van der Waals surface area contributed by atoms with Gasteiger partial charge in [-0.3, -0.25) is 0 Å². The molecule has 0 spiro atoms. The summed E-state index contributed by atoms with van der Waals surface area (Å²) in [6.45, 7) is 3.30. The van der Waals surface area contributed by atoms with E-state index in [1.807, 2.05) is 30.3 Å². The zero-order valence-electron chi connectivity index (χ0n) is 14.8. The number of nitrogens with zero attached hydrogens (tertiary/aromatic N) is 3. The van der Waals surface area contributed by atoms with E-state index in [9.17, 15) is 13.2 Å². The molecule has 1 aliphatic rings. The van der Waals surface area contributed by atoms with Crippen LogP contribution >= 0.6 is 0 Å². The number of aryl methyl sites for hydroxylation is 1. The van der Waals surface area contributed by atoms with Crippen molar-refractivity contribution in [3.63, 3.8) is 0 Å². The summed E-state index contributed by atoms with van der Waals surface area (Å²) < 4.78 is 46.8. The Balaban J connectivity index is 1.70. The third kappa shape index (κ3) is 3.37. The molecule has 1 fully saturated rings. The van der Waals surface area contributed by atoms with Gasteiger partial charge >= 0.3 is 6.18 Å². The first-order valence-corrected chi connectivity index (χ1v) is 8.69. The molecule has 1 saturated heterocycles.